The smallest absolute Gasteiger partial charge is 0.186 e. The average Bonchev–Trinajstić information content (AvgIpc) is 2.92. The summed E-state index contributed by atoms with van der Waals surface area (Å²) in [7, 11) is 0. The van der Waals surface area contributed by atoms with Crippen molar-refractivity contribution in [2.75, 3.05) is 24.6 Å². The summed E-state index contributed by atoms with van der Waals surface area (Å²) < 4.78 is 6.88. The minimum absolute atomic E-state index is 0.530. The van der Waals surface area contributed by atoms with E-state index >= 15 is 0 Å². The highest BCUT2D eigenvalue weighted by molar-refractivity contribution is 7.22. The van der Waals surface area contributed by atoms with E-state index in [0.717, 1.165) is 39.2 Å². The summed E-state index contributed by atoms with van der Waals surface area (Å²) in [5.41, 5.74) is 0.902. The monoisotopic (exact) mass is 331 g/mol. The Bertz CT molecular complexity index is 786. The third-order valence-electron chi connectivity index (χ3n) is 3.71. The Labute approximate surface area is 137 Å². The first-order chi connectivity index (χ1) is 10.8. The standard InChI is InChI=1S/C16H14ClN3OS/c17-13-4-1-5-14-15(13)19-16(22-14)20-8-11(9-20)10-21-12-3-2-6-18-7-12/h1-7,11H,8-10H2. The van der Waals surface area contributed by atoms with Gasteiger partial charge in [0.05, 0.1) is 22.5 Å². The van der Waals surface area contributed by atoms with Gasteiger partial charge in [0.1, 0.15) is 11.3 Å². The lowest BCUT2D eigenvalue weighted by atomic mass is 10.0. The Morgan fingerprint density at radius 1 is 1.27 bits per heavy atom. The normalized spacial score (nSPS) is 15.0. The number of aromatic nitrogens is 2. The van der Waals surface area contributed by atoms with Gasteiger partial charge >= 0.3 is 0 Å². The summed E-state index contributed by atoms with van der Waals surface area (Å²) in [6.45, 7) is 2.66. The molecule has 2 aromatic heterocycles. The number of ether oxygens (including phenoxy) is 1. The molecule has 0 amide bonds. The molecule has 1 saturated heterocycles. The van der Waals surface area contributed by atoms with Crippen LogP contribution in [0.25, 0.3) is 10.2 Å². The van der Waals surface area contributed by atoms with E-state index in [-0.39, 0.29) is 0 Å². The molecule has 0 unspecified atom stereocenters. The second-order valence-electron chi connectivity index (χ2n) is 5.35. The fourth-order valence-electron chi connectivity index (χ4n) is 2.52. The molecule has 0 bridgehead atoms. The molecule has 4 nitrogen and oxygen atoms in total. The van der Waals surface area contributed by atoms with E-state index in [2.05, 4.69) is 20.9 Å². The first kappa shape index (κ1) is 13.8. The van der Waals surface area contributed by atoms with Crippen LogP contribution in [0.3, 0.4) is 0 Å². The van der Waals surface area contributed by atoms with Crippen LogP contribution in [0.1, 0.15) is 0 Å². The molecule has 3 heterocycles. The van der Waals surface area contributed by atoms with Crippen molar-refractivity contribution in [2.24, 2.45) is 5.92 Å². The highest BCUT2D eigenvalue weighted by Gasteiger charge is 2.29. The molecule has 1 aromatic carbocycles. The highest BCUT2D eigenvalue weighted by Crippen LogP contribution is 2.35. The number of pyridine rings is 1. The number of para-hydroxylation sites is 1. The van der Waals surface area contributed by atoms with E-state index in [4.69, 9.17) is 16.3 Å². The van der Waals surface area contributed by atoms with Crippen LogP contribution in [0.15, 0.2) is 42.7 Å². The van der Waals surface area contributed by atoms with Gasteiger partial charge in [-0.25, -0.2) is 4.98 Å². The van der Waals surface area contributed by atoms with Crippen LogP contribution in [-0.4, -0.2) is 29.7 Å². The van der Waals surface area contributed by atoms with Crippen molar-refractivity contribution in [2.45, 2.75) is 0 Å². The molecule has 0 aliphatic carbocycles. The highest BCUT2D eigenvalue weighted by atomic mass is 35.5. The predicted octanol–water partition coefficient (Wildman–Crippen LogP) is 3.86. The van der Waals surface area contributed by atoms with Gasteiger partial charge < -0.3 is 9.64 Å². The number of rotatable bonds is 4. The van der Waals surface area contributed by atoms with Crippen molar-refractivity contribution >= 4 is 38.3 Å². The van der Waals surface area contributed by atoms with E-state index in [1.165, 1.54) is 0 Å². The number of benzene rings is 1. The van der Waals surface area contributed by atoms with Crippen LogP contribution in [0, 0.1) is 5.92 Å². The second kappa shape index (κ2) is 5.74. The summed E-state index contributed by atoms with van der Waals surface area (Å²) in [6.07, 6.45) is 3.49. The number of hydrogen-bond acceptors (Lipinski definition) is 5. The SMILES string of the molecule is Clc1cccc2sc(N3CC(COc4cccnc4)C3)nc12. The predicted molar refractivity (Wildman–Crippen MR) is 90.1 cm³/mol. The van der Waals surface area contributed by atoms with Crippen molar-refractivity contribution in [3.8, 4) is 5.75 Å². The van der Waals surface area contributed by atoms with Crippen LogP contribution in [0.4, 0.5) is 5.13 Å². The zero-order valence-electron chi connectivity index (χ0n) is 11.8. The van der Waals surface area contributed by atoms with Gasteiger partial charge in [-0.3, -0.25) is 4.98 Å². The zero-order valence-corrected chi connectivity index (χ0v) is 13.3. The molecule has 4 rings (SSSR count). The third kappa shape index (κ3) is 2.62. The Morgan fingerprint density at radius 2 is 2.18 bits per heavy atom. The maximum atomic E-state index is 6.18. The van der Waals surface area contributed by atoms with Crippen molar-refractivity contribution in [3.63, 3.8) is 0 Å². The van der Waals surface area contributed by atoms with Crippen molar-refractivity contribution in [1.82, 2.24) is 9.97 Å². The molecular formula is C16H14ClN3OS. The van der Waals surface area contributed by atoms with Crippen LogP contribution < -0.4 is 9.64 Å². The number of thiazole rings is 1. The molecule has 1 aliphatic heterocycles. The minimum Gasteiger partial charge on any atom is -0.492 e. The van der Waals surface area contributed by atoms with Gasteiger partial charge in [0, 0.05) is 25.2 Å². The molecule has 6 heteroatoms. The summed E-state index contributed by atoms with van der Waals surface area (Å²) in [4.78, 5) is 11.0. The van der Waals surface area contributed by atoms with Gasteiger partial charge in [-0.15, -0.1) is 0 Å². The van der Waals surface area contributed by atoms with Gasteiger partial charge in [0.2, 0.25) is 0 Å². The fourth-order valence-corrected chi connectivity index (χ4v) is 3.80. The van der Waals surface area contributed by atoms with Crippen LogP contribution in [0.2, 0.25) is 5.02 Å². The lowest BCUT2D eigenvalue weighted by Gasteiger charge is -2.38. The largest absolute Gasteiger partial charge is 0.492 e. The second-order valence-corrected chi connectivity index (χ2v) is 6.77. The van der Waals surface area contributed by atoms with Gasteiger partial charge in [-0.05, 0) is 24.3 Å². The first-order valence-electron chi connectivity index (χ1n) is 7.12. The Kier molecular flexibility index (Phi) is 3.60. The number of nitrogens with zero attached hydrogens (tertiary/aromatic N) is 3. The summed E-state index contributed by atoms with van der Waals surface area (Å²) in [6, 6.07) is 9.72. The summed E-state index contributed by atoms with van der Waals surface area (Å²) in [5.74, 6) is 1.36. The molecule has 0 atom stereocenters. The topological polar surface area (TPSA) is 38.2 Å². The van der Waals surface area contributed by atoms with E-state index in [1.807, 2.05) is 24.3 Å². The van der Waals surface area contributed by atoms with Crippen LogP contribution >= 0.6 is 22.9 Å². The molecule has 0 saturated carbocycles. The lowest BCUT2D eigenvalue weighted by molar-refractivity contribution is 0.220. The van der Waals surface area contributed by atoms with E-state index < -0.39 is 0 Å². The van der Waals surface area contributed by atoms with Gasteiger partial charge in [0.25, 0.3) is 0 Å². The molecular weight excluding hydrogens is 318 g/mol. The summed E-state index contributed by atoms with van der Waals surface area (Å²) >= 11 is 7.87. The van der Waals surface area contributed by atoms with Crippen molar-refractivity contribution in [1.29, 1.82) is 0 Å². The molecule has 0 N–H and O–H groups in total. The van der Waals surface area contributed by atoms with Crippen LogP contribution in [-0.2, 0) is 0 Å². The van der Waals surface area contributed by atoms with Gasteiger partial charge in [0.15, 0.2) is 5.13 Å². The van der Waals surface area contributed by atoms with E-state index in [9.17, 15) is 0 Å². The minimum atomic E-state index is 0.530. The number of halogens is 1. The number of fused-ring (bicyclic) bond motifs is 1. The summed E-state index contributed by atoms with van der Waals surface area (Å²) in [5, 5.41) is 1.76. The lowest BCUT2D eigenvalue weighted by Crippen LogP contribution is -2.49. The Balaban J connectivity index is 1.37. The molecule has 0 radical (unpaired) electrons. The Morgan fingerprint density at radius 3 is 2.95 bits per heavy atom. The number of anilines is 1. The van der Waals surface area contributed by atoms with Crippen molar-refractivity contribution in [3.05, 3.63) is 47.7 Å². The maximum Gasteiger partial charge on any atom is 0.186 e. The Hall–Kier alpha value is -1.85. The van der Waals surface area contributed by atoms with Gasteiger partial charge in [-0.1, -0.05) is 29.0 Å². The molecule has 22 heavy (non-hydrogen) atoms. The molecule has 112 valence electrons. The van der Waals surface area contributed by atoms with Gasteiger partial charge in [-0.2, -0.15) is 0 Å². The fraction of sp³-hybridized carbons (Fsp3) is 0.250. The quantitative estimate of drug-likeness (QED) is 0.727. The zero-order chi connectivity index (χ0) is 14.9. The molecule has 1 aliphatic rings. The molecule has 3 aromatic rings. The first-order valence-corrected chi connectivity index (χ1v) is 8.32. The number of hydrogen-bond donors (Lipinski definition) is 0. The van der Waals surface area contributed by atoms with Crippen LogP contribution in [0.5, 0.6) is 5.75 Å². The molecule has 0 spiro atoms. The third-order valence-corrected chi connectivity index (χ3v) is 5.09. The van der Waals surface area contributed by atoms with Crippen molar-refractivity contribution < 1.29 is 4.74 Å². The van der Waals surface area contributed by atoms with E-state index in [0.29, 0.717) is 12.5 Å². The average molecular weight is 332 g/mol. The van der Waals surface area contributed by atoms with E-state index in [1.54, 1.807) is 23.7 Å². The maximum absolute atomic E-state index is 6.18. The molecule has 1 fully saturated rings.